The molecule has 0 saturated heterocycles. The summed E-state index contributed by atoms with van der Waals surface area (Å²) in [5, 5.41) is 11.4. The zero-order chi connectivity index (χ0) is 22.6. The minimum absolute atomic E-state index is 0.242. The number of aryl methyl sites for hydroxylation is 1. The Kier molecular flexibility index (Phi) is 9.44. The Bertz CT molecular complexity index is 916. The molecule has 0 heterocycles. The first-order valence-corrected chi connectivity index (χ1v) is 10.7. The predicted octanol–water partition coefficient (Wildman–Crippen LogP) is 5.96. The average Bonchev–Trinajstić information content (AvgIpc) is 2.76. The van der Waals surface area contributed by atoms with Gasteiger partial charge >= 0.3 is 12.1 Å². The van der Waals surface area contributed by atoms with Gasteiger partial charge < -0.3 is 21.3 Å². The van der Waals surface area contributed by atoms with Crippen LogP contribution >= 0.6 is 0 Å². The van der Waals surface area contributed by atoms with E-state index >= 15 is 0 Å². The van der Waals surface area contributed by atoms with E-state index in [4.69, 9.17) is 6.42 Å². The summed E-state index contributed by atoms with van der Waals surface area (Å²) in [6.45, 7) is 6.88. The van der Waals surface area contributed by atoms with Crippen LogP contribution in [0.15, 0.2) is 42.5 Å². The third-order valence-corrected chi connectivity index (χ3v) is 5.15. The first-order valence-electron chi connectivity index (χ1n) is 10.7. The zero-order valence-electron chi connectivity index (χ0n) is 18.5. The summed E-state index contributed by atoms with van der Waals surface area (Å²) in [6, 6.07) is 11.8. The molecule has 164 valence electrons. The molecule has 0 aromatic heterocycles. The van der Waals surface area contributed by atoms with Crippen LogP contribution in [0.3, 0.4) is 0 Å². The van der Waals surface area contributed by atoms with E-state index in [2.05, 4.69) is 41.0 Å². The standard InChI is InChI=1S/C25H32N4O2/c1-5-8-9-20(7-3)17-26-24(30)29-23-16-22(13-10-18(23)4)28-25(31)27-21-14-11-19(6-2)12-15-21/h2,10-16,20H,5,7-9,17H2,1,3-4H3,(H2,26,29,30)(H2,27,28,31). The van der Waals surface area contributed by atoms with Crippen LogP contribution in [0, 0.1) is 25.2 Å². The van der Waals surface area contributed by atoms with Crippen LogP contribution < -0.4 is 21.3 Å². The van der Waals surface area contributed by atoms with Gasteiger partial charge in [0.05, 0.1) is 0 Å². The summed E-state index contributed by atoms with van der Waals surface area (Å²) >= 11 is 0. The first-order chi connectivity index (χ1) is 14.9. The molecule has 1 atom stereocenters. The van der Waals surface area contributed by atoms with E-state index in [1.54, 1.807) is 36.4 Å². The molecule has 0 fully saturated rings. The maximum atomic E-state index is 12.3. The van der Waals surface area contributed by atoms with Crippen LogP contribution in [-0.4, -0.2) is 18.6 Å². The SMILES string of the molecule is C#Cc1ccc(NC(=O)Nc2ccc(C)c(NC(=O)NCC(CC)CCCC)c2)cc1. The van der Waals surface area contributed by atoms with E-state index in [-0.39, 0.29) is 12.1 Å². The third-order valence-electron chi connectivity index (χ3n) is 5.15. The van der Waals surface area contributed by atoms with Crippen molar-refractivity contribution in [3.63, 3.8) is 0 Å². The van der Waals surface area contributed by atoms with Crippen LogP contribution in [0.2, 0.25) is 0 Å². The molecule has 4 amide bonds. The molecule has 0 aliphatic rings. The molecule has 0 aliphatic heterocycles. The first kappa shape index (κ1) is 23.8. The van der Waals surface area contributed by atoms with E-state index in [1.165, 1.54) is 6.42 Å². The topological polar surface area (TPSA) is 82.3 Å². The highest BCUT2D eigenvalue weighted by Gasteiger charge is 2.11. The second-order valence-electron chi connectivity index (χ2n) is 7.58. The van der Waals surface area contributed by atoms with Crippen LogP contribution in [0.4, 0.5) is 26.7 Å². The van der Waals surface area contributed by atoms with Crippen molar-refractivity contribution in [2.45, 2.75) is 46.5 Å². The fourth-order valence-corrected chi connectivity index (χ4v) is 3.12. The number of carbonyl (C=O) groups excluding carboxylic acids is 2. The lowest BCUT2D eigenvalue weighted by molar-refractivity contribution is 0.249. The second kappa shape index (κ2) is 12.3. The summed E-state index contributed by atoms with van der Waals surface area (Å²) in [4.78, 5) is 24.6. The third kappa shape index (κ3) is 8.06. The van der Waals surface area contributed by atoms with E-state index in [0.717, 1.165) is 30.4 Å². The lowest BCUT2D eigenvalue weighted by Gasteiger charge is -2.17. The van der Waals surface area contributed by atoms with Crippen molar-refractivity contribution in [3.8, 4) is 12.3 Å². The van der Waals surface area contributed by atoms with Gasteiger partial charge in [-0.05, 0) is 61.2 Å². The molecule has 4 N–H and O–H groups in total. The van der Waals surface area contributed by atoms with Crippen molar-refractivity contribution in [2.75, 3.05) is 22.5 Å². The monoisotopic (exact) mass is 420 g/mol. The maximum Gasteiger partial charge on any atom is 0.323 e. The number of unbranched alkanes of at least 4 members (excludes halogenated alkanes) is 1. The van der Waals surface area contributed by atoms with Crippen LogP contribution in [0.1, 0.15) is 50.7 Å². The van der Waals surface area contributed by atoms with Gasteiger partial charge in [-0.2, -0.15) is 0 Å². The minimum atomic E-state index is -0.380. The van der Waals surface area contributed by atoms with Crippen molar-refractivity contribution in [1.29, 1.82) is 0 Å². The summed E-state index contributed by atoms with van der Waals surface area (Å²) in [7, 11) is 0. The molecule has 6 heteroatoms. The number of hydrogen-bond donors (Lipinski definition) is 4. The van der Waals surface area contributed by atoms with Crippen LogP contribution in [0.25, 0.3) is 0 Å². The lowest BCUT2D eigenvalue weighted by atomic mass is 9.99. The number of carbonyl (C=O) groups is 2. The molecule has 2 aromatic rings. The normalized spacial score (nSPS) is 11.2. The lowest BCUT2D eigenvalue weighted by Crippen LogP contribution is -2.33. The van der Waals surface area contributed by atoms with E-state index < -0.39 is 0 Å². The number of terminal acetylenes is 1. The van der Waals surface area contributed by atoms with Crippen LogP contribution in [0.5, 0.6) is 0 Å². The Balaban J connectivity index is 1.92. The average molecular weight is 421 g/mol. The summed E-state index contributed by atoms with van der Waals surface area (Å²) in [5.41, 5.74) is 3.51. The van der Waals surface area contributed by atoms with Gasteiger partial charge in [0.2, 0.25) is 0 Å². The van der Waals surface area contributed by atoms with Gasteiger partial charge in [-0.3, -0.25) is 0 Å². The molecule has 6 nitrogen and oxygen atoms in total. The summed E-state index contributed by atoms with van der Waals surface area (Å²) in [5.74, 6) is 3.02. The van der Waals surface area contributed by atoms with Crippen molar-refractivity contribution in [3.05, 3.63) is 53.6 Å². The Hall–Kier alpha value is -3.46. The zero-order valence-corrected chi connectivity index (χ0v) is 18.5. The Labute approximate surface area is 185 Å². The Morgan fingerprint density at radius 3 is 2.29 bits per heavy atom. The van der Waals surface area contributed by atoms with E-state index in [0.29, 0.717) is 29.5 Å². The highest BCUT2D eigenvalue weighted by molar-refractivity contribution is 6.00. The predicted molar refractivity (Wildman–Crippen MR) is 129 cm³/mol. The van der Waals surface area contributed by atoms with Gasteiger partial charge in [0.15, 0.2) is 0 Å². The number of benzene rings is 2. The van der Waals surface area contributed by atoms with Gasteiger partial charge in [0, 0.05) is 29.2 Å². The van der Waals surface area contributed by atoms with Crippen LogP contribution in [-0.2, 0) is 0 Å². The summed E-state index contributed by atoms with van der Waals surface area (Å²) in [6.07, 6.45) is 9.83. The number of hydrogen-bond acceptors (Lipinski definition) is 2. The quantitative estimate of drug-likeness (QED) is 0.378. The highest BCUT2D eigenvalue weighted by atomic mass is 16.2. The summed E-state index contributed by atoms with van der Waals surface area (Å²) < 4.78 is 0. The number of amides is 4. The van der Waals surface area contributed by atoms with Gasteiger partial charge in [-0.1, -0.05) is 45.1 Å². The number of anilines is 3. The molecular weight excluding hydrogens is 388 g/mol. The van der Waals surface area contributed by atoms with Crippen molar-refractivity contribution in [2.24, 2.45) is 5.92 Å². The minimum Gasteiger partial charge on any atom is -0.338 e. The molecule has 0 saturated carbocycles. The molecule has 2 rings (SSSR count). The second-order valence-corrected chi connectivity index (χ2v) is 7.58. The molecule has 0 spiro atoms. The molecule has 1 unspecified atom stereocenters. The van der Waals surface area contributed by atoms with Gasteiger partial charge in [0.25, 0.3) is 0 Å². The van der Waals surface area contributed by atoms with Crippen molar-refractivity contribution < 1.29 is 9.59 Å². The molecule has 0 aliphatic carbocycles. The Morgan fingerprint density at radius 2 is 1.65 bits per heavy atom. The fourth-order valence-electron chi connectivity index (χ4n) is 3.12. The van der Waals surface area contributed by atoms with Crippen molar-refractivity contribution >= 4 is 29.1 Å². The van der Waals surface area contributed by atoms with Gasteiger partial charge in [-0.15, -0.1) is 6.42 Å². The maximum absolute atomic E-state index is 12.3. The Morgan fingerprint density at radius 1 is 0.968 bits per heavy atom. The smallest absolute Gasteiger partial charge is 0.323 e. The van der Waals surface area contributed by atoms with E-state index in [1.807, 2.05) is 13.0 Å². The molecule has 0 radical (unpaired) electrons. The number of urea groups is 2. The largest absolute Gasteiger partial charge is 0.338 e. The van der Waals surface area contributed by atoms with Crippen molar-refractivity contribution in [1.82, 2.24) is 5.32 Å². The number of nitrogens with one attached hydrogen (secondary N) is 4. The molecule has 31 heavy (non-hydrogen) atoms. The number of rotatable bonds is 9. The molecular formula is C25H32N4O2. The highest BCUT2D eigenvalue weighted by Crippen LogP contribution is 2.21. The van der Waals surface area contributed by atoms with Gasteiger partial charge in [-0.25, -0.2) is 9.59 Å². The fraction of sp³-hybridized carbons (Fsp3) is 0.360. The molecule has 0 bridgehead atoms. The van der Waals surface area contributed by atoms with Gasteiger partial charge in [0.1, 0.15) is 0 Å². The molecule has 2 aromatic carbocycles. The van der Waals surface area contributed by atoms with E-state index in [9.17, 15) is 9.59 Å².